The van der Waals surface area contributed by atoms with Gasteiger partial charge in [-0.3, -0.25) is 9.78 Å². The van der Waals surface area contributed by atoms with Gasteiger partial charge in [0.15, 0.2) is 0 Å². The van der Waals surface area contributed by atoms with E-state index >= 15 is 0 Å². The molecule has 0 atom stereocenters. The van der Waals surface area contributed by atoms with E-state index in [1.54, 1.807) is 30.5 Å². The molecule has 6 heteroatoms. The Morgan fingerprint density at radius 3 is 2.67 bits per heavy atom. The second-order valence-electron chi connectivity index (χ2n) is 4.47. The fourth-order valence-corrected chi connectivity index (χ4v) is 2.01. The number of halogens is 2. The fraction of sp³-hybridized carbons (Fsp3) is 0.200. The van der Waals surface area contributed by atoms with E-state index in [0.717, 1.165) is 12.1 Å². The summed E-state index contributed by atoms with van der Waals surface area (Å²) in [7, 11) is 0. The van der Waals surface area contributed by atoms with Crippen molar-refractivity contribution in [2.45, 2.75) is 13.3 Å². The van der Waals surface area contributed by atoms with Gasteiger partial charge in [0.25, 0.3) is 5.91 Å². The molecule has 2 N–H and O–H groups in total. The molecule has 0 bridgehead atoms. The molecule has 0 aliphatic rings. The van der Waals surface area contributed by atoms with Crippen LogP contribution in [-0.2, 0) is 0 Å². The van der Waals surface area contributed by atoms with E-state index in [1.807, 2.05) is 6.92 Å². The molecule has 1 heterocycles. The van der Waals surface area contributed by atoms with Gasteiger partial charge in [-0.1, -0.05) is 30.1 Å². The van der Waals surface area contributed by atoms with Gasteiger partial charge in [0.1, 0.15) is 0 Å². The van der Waals surface area contributed by atoms with Crippen molar-refractivity contribution in [2.24, 2.45) is 0 Å². The molecule has 1 aromatic carbocycles. The Balaban J connectivity index is 2.13. The largest absolute Gasteiger partial charge is 0.354 e. The average molecular weight is 324 g/mol. The number of aromatic nitrogens is 1. The van der Waals surface area contributed by atoms with Gasteiger partial charge in [-0.15, -0.1) is 0 Å². The van der Waals surface area contributed by atoms with E-state index in [1.165, 1.54) is 6.20 Å². The highest BCUT2D eigenvalue weighted by molar-refractivity contribution is 6.42. The lowest BCUT2D eigenvalue weighted by Gasteiger charge is -2.09. The summed E-state index contributed by atoms with van der Waals surface area (Å²) < 4.78 is 0. The van der Waals surface area contributed by atoms with Crippen molar-refractivity contribution in [3.63, 3.8) is 0 Å². The number of rotatable bonds is 5. The predicted octanol–water partition coefficient (Wildman–Crippen LogP) is 4.27. The first kappa shape index (κ1) is 15.6. The van der Waals surface area contributed by atoms with Gasteiger partial charge in [0.05, 0.1) is 27.5 Å². The Morgan fingerprint density at radius 1 is 1.14 bits per heavy atom. The van der Waals surface area contributed by atoms with Crippen molar-refractivity contribution in [1.82, 2.24) is 10.3 Å². The second kappa shape index (κ2) is 7.29. The smallest absolute Gasteiger partial charge is 0.252 e. The summed E-state index contributed by atoms with van der Waals surface area (Å²) in [6.07, 6.45) is 4.06. The van der Waals surface area contributed by atoms with Crippen LogP contribution in [0.2, 0.25) is 10.0 Å². The van der Waals surface area contributed by atoms with Crippen LogP contribution in [0, 0.1) is 0 Å². The second-order valence-corrected chi connectivity index (χ2v) is 5.29. The number of hydrogen-bond donors (Lipinski definition) is 2. The van der Waals surface area contributed by atoms with E-state index in [4.69, 9.17) is 23.2 Å². The van der Waals surface area contributed by atoms with Gasteiger partial charge in [0, 0.05) is 18.4 Å². The highest BCUT2D eigenvalue weighted by Gasteiger charge is 2.07. The van der Waals surface area contributed by atoms with Crippen LogP contribution in [0.4, 0.5) is 11.4 Å². The van der Waals surface area contributed by atoms with Crippen LogP contribution < -0.4 is 10.6 Å². The normalized spacial score (nSPS) is 10.2. The number of hydrogen-bond acceptors (Lipinski definition) is 3. The van der Waals surface area contributed by atoms with E-state index in [2.05, 4.69) is 15.6 Å². The number of amides is 1. The topological polar surface area (TPSA) is 54.0 Å². The molecule has 110 valence electrons. The predicted molar refractivity (Wildman–Crippen MR) is 86.6 cm³/mol. The summed E-state index contributed by atoms with van der Waals surface area (Å²) in [5.74, 6) is -0.137. The number of benzene rings is 1. The van der Waals surface area contributed by atoms with Gasteiger partial charge in [-0.05, 0) is 30.7 Å². The molecule has 0 aliphatic heterocycles. The molecule has 1 amide bonds. The minimum atomic E-state index is -0.137. The SMILES string of the molecule is CCCNC(=O)c1cncc(Nc2ccc(Cl)c(Cl)c2)c1. The molecule has 0 saturated carbocycles. The van der Waals surface area contributed by atoms with Crippen molar-refractivity contribution in [1.29, 1.82) is 0 Å². The lowest BCUT2D eigenvalue weighted by Crippen LogP contribution is -2.24. The zero-order chi connectivity index (χ0) is 15.2. The third-order valence-electron chi connectivity index (χ3n) is 2.74. The summed E-state index contributed by atoms with van der Waals surface area (Å²) in [6.45, 7) is 2.64. The minimum Gasteiger partial charge on any atom is -0.354 e. The highest BCUT2D eigenvalue weighted by atomic mass is 35.5. The van der Waals surface area contributed by atoms with Gasteiger partial charge in [-0.2, -0.15) is 0 Å². The van der Waals surface area contributed by atoms with Crippen LogP contribution in [0.1, 0.15) is 23.7 Å². The summed E-state index contributed by atoms with van der Waals surface area (Å²) in [5, 5.41) is 6.91. The van der Waals surface area contributed by atoms with Gasteiger partial charge in [-0.25, -0.2) is 0 Å². The fourth-order valence-electron chi connectivity index (χ4n) is 1.71. The molecule has 0 aliphatic carbocycles. The van der Waals surface area contributed by atoms with E-state index in [0.29, 0.717) is 27.8 Å². The lowest BCUT2D eigenvalue weighted by atomic mass is 10.2. The Morgan fingerprint density at radius 2 is 1.95 bits per heavy atom. The molecule has 0 spiro atoms. The maximum Gasteiger partial charge on any atom is 0.252 e. The molecule has 2 aromatic rings. The summed E-state index contributed by atoms with van der Waals surface area (Å²) in [5.41, 5.74) is 1.99. The quantitative estimate of drug-likeness (QED) is 0.863. The average Bonchev–Trinajstić information content (AvgIpc) is 2.49. The molecule has 21 heavy (non-hydrogen) atoms. The standard InChI is InChI=1S/C15H15Cl2N3O/c1-2-5-19-15(21)10-6-12(9-18-8-10)20-11-3-4-13(16)14(17)7-11/h3-4,6-9,20H,2,5H2,1H3,(H,19,21). The molecule has 0 unspecified atom stereocenters. The van der Waals surface area contributed by atoms with Crippen LogP contribution in [0.15, 0.2) is 36.7 Å². The number of nitrogens with zero attached hydrogens (tertiary/aromatic N) is 1. The van der Waals surface area contributed by atoms with Crippen molar-refractivity contribution >= 4 is 40.5 Å². The molecular weight excluding hydrogens is 309 g/mol. The van der Waals surface area contributed by atoms with Crippen LogP contribution >= 0.6 is 23.2 Å². The molecule has 0 fully saturated rings. The van der Waals surface area contributed by atoms with Crippen molar-refractivity contribution in [2.75, 3.05) is 11.9 Å². The first-order valence-corrected chi connectivity index (χ1v) is 7.31. The van der Waals surface area contributed by atoms with Crippen LogP contribution in [-0.4, -0.2) is 17.4 Å². The zero-order valence-electron chi connectivity index (χ0n) is 11.5. The maximum atomic E-state index is 11.9. The molecular formula is C15H15Cl2N3O. The first-order chi connectivity index (χ1) is 10.1. The summed E-state index contributed by atoms with van der Waals surface area (Å²) >= 11 is 11.8. The summed E-state index contributed by atoms with van der Waals surface area (Å²) in [6, 6.07) is 6.96. The van der Waals surface area contributed by atoms with Gasteiger partial charge < -0.3 is 10.6 Å². The van der Waals surface area contributed by atoms with E-state index in [-0.39, 0.29) is 5.91 Å². The Bertz CT molecular complexity index is 647. The zero-order valence-corrected chi connectivity index (χ0v) is 13.0. The highest BCUT2D eigenvalue weighted by Crippen LogP contribution is 2.26. The third kappa shape index (κ3) is 4.34. The van der Waals surface area contributed by atoms with Crippen molar-refractivity contribution in [3.8, 4) is 0 Å². The third-order valence-corrected chi connectivity index (χ3v) is 3.48. The Labute approximate surface area is 133 Å². The van der Waals surface area contributed by atoms with E-state index in [9.17, 15) is 4.79 Å². The number of pyridine rings is 1. The number of anilines is 2. The Kier molecular flexibility index (Phi) is 5.42. The first-order valence-electron chi connectivity index (χ1n) is 6.55. The van der Waals surface area contributed by atoms with Gasteiger partial charge >= 0.3 is 0 Å². The number of carbonyl (C=O) groups is 1. The van der Waals surface area contributed by atoms with Crippen molar-refractivity contribution in [3.05, 3.63) is 52.3 Å². The summed E-state index contributed by atoms with van der Waals surface area (Å²) in [4.78, 5) is 16.0. The van der Waals surface area contributed by atoms with Crippen LogP contribution in [0.3, 0.4) is 0 Å². The molecule has 0 radical (unpaired) electrons. The van der Waals surface area contributed by atoms with Crippen molar-refractivity contribution < 1.29 is 4.79 Å². The van der Waals surface area contributed by atoms with Gasteiger partial charge in [0.2, 0.25) is 0 Å². The van der Waals surface area contributed by atoms with Crippen LogP contribution in [0.25, 0.3) is 0 Å². The minimum absolute atomic E-state index is 0.137. The molecule has 0 saturated heterocycles. The number of nitrogens with one attached hydrogen (secondary N) is 2. The van der Waals surface area contributed by atoms with Crippen LogP contribution in [0.5, 0.6) is 0 Å². The monoisotopic (exact) mass is 323 g/mol. The van der Waals surface area contributed by atoms with E-state index < -0.39 is 0 Å². The molecule has 2 rings (SSSR count). The number of carbonyl (C=O) groups excluding carboxylic acids is 1. The molecule has 4 nitrogen and oxygen atoms in total. The lowest BCUT2D eigenvalue weighted by molar-refractivity contribution is 0.0953. The molecule has 1 aromatic heterocycles. The Hall–Kier alpha value is -1.78. The maximum absolute atomic E-state index is 11.9.